The molecular weight excluding hydrogens is 214 g/mol. The van der Waals surface area contributed by atoms with Gasteiger partial charge in [0.05, 0.1) is 11.5 Å². The summed E-state index contributed by atoms with van der Waals surface area (Å²) in [5.41, 5.74) is 0.156. The molecule has 90 valence electrons. The number of aliphatic hydroxyl groups excluding tert-OH is 2. The van der Waals surface area contributed by atoms with Crippen molar-refractivity contribution in [3.8, 4) is 0 Å². The van der Waals surface area contributed by atoms with Crippen LogP contribution in [0.25, 0.3) is 0 Å². The van der Waals surface area contributed by atoms with Crippen LogP contribution in [0.5, 0.6) is 0 Å². The first-order valence-corrected chi connectivity index (χ1v) is 4.55. The zero-order chi connectivity index (χ0) is 12.7. The van der Waals surface area contributed by atoms with Gasteiger partial charge in [-0.1, -0.05) is 6.58 Å². The zero-order valence-corrected chi connectivity index (χ0v) is 9.27. The molecule has 0 heterocycles. The highest BCUT2D eigenvalue weighted by Crippen LogP contribution is 2.13. The summed E-state index contributed by atoms with van der Waals surface area (Å²) in [6.45, 7) is 5.79. The summed E-state index contributed by atoms with van der Waals surface area (Å²) in [5.74, 6) is -0.201. The van der Waals surface area contributed by atoms with Crippen molar-refractivity contribution in [3.05, 3.63) is 45.6 Å². The molecule has 0 aliphatic rings. The molecule has 6 heteroatoms. The average molecular weight is 229 g/mol. The molecule has 0 radical (unpaired) electrons. The van der Waals surface area contributed by atoms with Gasteiger partial charge in [-0.05, 0) is 18.6 Å². The summed E-state index contributed by atoms with van der Waals surface area (Å²) in [4.78, 5) is 9.95. The Kier molecular flexibility index (Phi) is 5.87. The van der Waals surface area contributed by atoms with Crippen LogP contribution in [0.2, 0.25) is 0 Å². The highest BCUT2D eigenvalue weighted by molar-refractivity contribution is 5.28. The van der Waals surface area contributed by atoms with E-state index in [-0.39, 0.29) is 30.4 Å². The maximum atomic E-state index is 10.5. The van der Waals surface area contributed by atoms with E-state index in [1.165, 1.54) is 19.9 Å². The van der Waals surface area contributed by atoms with Crippen LogP contribution in [0, 0.1) is 10.1 Å². The molecule has 0 atom stereocenters. The molecule has 0 spiro atoms. The van der Waals surface area contributed by atoms with Gasteiger partial charge in [-0.25, -0.2) is 0 Å². The molecule has 2 N–H and O–H groups in total. The van der Waals surface area contributed by atoms with Gasteiger partial charge >= 0.3 is 0 Å². The maximum absolute atomic E-state index is 10.5. The van der Waals surface area contributed by atoms with Crippen molar-refractivity contribution in [2.24, 2.45) is 0 Å². The molecule has 0 aromatic carbocycles. The normalized spacial score (nSPS) is 13.1. The number of ether oxygens (including phenoxy) is 1. The van der Waals surface area contributed by atoms with Crippen LogP contribution in [0.3, 0.4) is 0 Å². The second-order valence-electron chi connectivity index (χ2n) is 3.05. The van der Waals surface area contributed by atoms with E-state index in [0.29, 0.717) is 5.57 Å². The third-order valence-electron chi connectivity index (χ3n) is 1.78. The minimum atomic E-state index is -0.601. The lowest BCUT2D eigenvalue weighted by molar-refractivity contribution is -0.427. The molecule has 0 aromatic heterocycles. The summed E-state index contributed by atoms with van der Waals surface area (Å²) in [6.07, 6.45) is 1.30. The lowest BCUT2D eigenvalue weighted by atomic mass is 10.2. The van der Waals surface area contributed by atoms with Gasteiger partial charge in [0.15, 0.2) is 5.76 Å². The quantitative estimate of drug-likeness (QED) is 0.312. The predicted octanol–water partition coefficient (Wildman–Crippen LogP) is 1.52. The van der Waals surface area contributed by atoms with Crippen molar-refractivity contribution in [2.45, 2.75) is 13.8 Å². The highest BCUT2D eigenvalue weighted by Gasteiger charge is 2.13. The first-order chi connectivity index (χ1) is 7.40. The van der Waals surface area contributed by atoms with Crippen LogP contribution in [0.4, 0.5) is 0 Å². The van der Waals surface area contributed by atoms with Gasteiger partial charge in [-0.15, -0.1) is 0 Å². The van der Waals surface area contributed by atoms with Gasteiger partial charge in [0.1, 0.15) is 12.4 Å². The summed E-state index contributed by atoms with van der Waals surface area (Å²) in [5, 5.41) is 28.2. The summed E-state index contributed by atoms with van der Waals surface area (Å²) in [7, 11) is 0. The Morgan fingerprint density at radius 3 is 2.50 bits per heavy atom. The SMILES string of the molecule is C=C(O)/C(C)=C\C(OCCO)=C(/C)[N+](=O)[O-]. The fraction of sp³-hybridized carbons (Fsp3) is 0.400. The Bertz CT molecular complexity index is 343. The third-order valence-corrected chi connectivity index (χ3v) is 1.78. The monoisotopic (exact) mass is 229 g/mol. The smallest absolute Gasteiger partial charge is 0.284 e. The molecule has 0 unspecified atom stereocenters. The van der Waals surface area contributed by atoms with Crippen LogP contribution >= 0.6 is 0 Å². The topological polar surface area (TPSA) is 92.8 Å². The van der Waals surface area contributed by atoms with E-state index in [1.54, 1.807) is 0 Å². The van der Waals surface area contributed by atoms with Crippen molar-refractivity contribution in [1.82, 2.24) is 0 Å². The molecular formula is C10H15NO5. The fourth-order valence-corrected chi connectivity index (χ4v) is 0.776. The van der Waals surface area contributed by atoms with Gasteiger partial charge in [-0.3, -0.25) is 10.1 Å². The van der Waals surface area contributed by atoms with E-state index in [9.17, 15) is 10.1 Å². The second-order valence-corrected chi connectivity index (χ2v) is 3.05. The van der Waals surface area contributed by atoms with Crippen molar-refractivity contribution in [2.75, 3.05) is 13.2 Å². The molecule has 0 bridgehead atoms. The summed E-state index contributed by atoms with van der Waals surface area (Å²) >= 11 is 0. The van der Waals surface area contributed by atoms with Gasteiger partial charge in [0.2, 0.25) is 0 Å². The first-order valence-electron chi connectivity index (χ1n) is 4.55. The third kappa shape index (κ3) is 4.61. The van der Waals surface area contributed by atoms with E-state index < -0.39 is 4.92 Å². The molecule has 16 heavy (non-hydrogen) atoms. The number of hydrogen-bond acceptors (Lipinski definition) is 5. The molecule has 6 nitrogen and oxygen atoms in total. The van der Waals surface area contributed by atoms with Crippen molar-refractivity contribution < 1.29 is 19.9 Å². The van der Waals surface area contributed by atoms with Gasteiger partial charge in [0.25, 0.3) is 5.70 Å². The number of hydrogen-bond donors (Lipinski definition) is 2. The lowest BCUT2D eigenvalue weighted by Gasteiger charge is -2.06. The van der Waals surface area contributed by atoms with Crippen LogP contribution in [0.15, 0.2) is 35.4 Å². The summed E-state index contributed by atoms with van der Waals surface area (Å²) in [6, 6.07) is 0. The second kappa shape index (κ2) is 6.62. The molecule has 0 fully saturated rings. The number of nitrogens with zero attached hydrogens (tertiary/aromatic N) is 1. The van der Waals surface area contributed by atoms with E-state index >= 15 is 0 Å². The Labute approximate surface area is 93.3 Å². The minimum Gasteiger partial charge on any atom is -0.508 e. The van der Waals surface area contributed by atoms with Crippen LogP contribution in [-0.2, 0) is 4.74 Å². The van der Waals surface area contributed by atoms with Crippen molar-refractivity contribution in [1.29, 1.82) is 0 Å². The Morgan fingerprint density at radius 2 is 2.12 bits per heavy atom. The molecule has 0 rings (SSSR count). The number of aliphatic hydroxyl groups is 2. The predicted molar refractivity (Wildman–Crippen MR) is 58.3 cm³/mol. The van der Waals surface area contributed by atoms with E-state index in [4.69, 9.17) is 14.9 Å². The Balaban J connectivity index is 5.10. The van der Waals surface area contributed by atoms with Crippen LogP contribution in [0.1, 0.15) is 13.8 Å². The summed E-state index contributed by atoms with van der Waals surface area (Å²) < 4.78 is 4.99. The Hall–Kier alpha value is -1.82. The van der Waals surface area contributed by atoms with Crippen LogP contribution in [-0.4, -0.2) is 28.4 Å². The van der Waals surface area contributed by atoms with E-state index in [0.717, 1.165) is 0 Å². The number of allylic oxidation sites excluding steroid dienone is 3. The van der Waals surface area contributed by atoms with E-state index in [2.05, 4.69) is 6.58 Å². The van der Waals surface area contributed by atoms with Gasteiger partial charge in [0, 0.05) is 6.92 Å². The molecule has 0 amide bonds. The van der Waals surface area contributed by atoms with Crippen molar-refractivity contribution >= 4 is 0 Å². The maximum Gasteiger partial charge on any atom is 0.284 e. The standard InChI is InChI=1S/C10H15NO5/c1-7(9(3)13)6-10(16-5-4-12)8(2)11(14)15/h6,12-13H,3-5H2,1-2H3/b7-6-,10-8-. The fourth-order valence-electron chi connectivity index (χ4n) is 0.776. The molecule has 0 saturated carbocycles. The first kappa shape index (κ1) is 14.2. The molecule has 0 aromatic rings. The largest absolute Gasteiger partial charge is 0.508 e. The minimum absolute atomic E-state index is 0.00764. The van der Waals surface area contributed by atoms with E-state index in [1.807, 2.05) is 0 Å². The van der Waals surface area contributed by atoms with Gasteiger partial charge in [-0.2, -0.15) is 0 Å². The zero-order valence-electron chi connectivity index (χ0n) is 9.27. The van der Waals surface area contributed by atoms with Crippen LogP contribution < -0.4 is 0 Å². The van der Waals surface area contributed by atoms with Gasteiger partial charge < -0.3 is 14.9 Å². The number of rotatable bonds is 6. The average Bonchev–Trinajstić information content (AvgIpc) is 2.22. The molecule has 0 aliphatic heterocycles. The number of nitro groups is 1. The lowest BCUT2D eigenvalue weighted by Crippen LogP contribution is -2.05. The van der Waals surface area contributed by atoms with Crippen molar-refractivity contribution in [3.63, 3.8) is 0 Å². The highest BCUT2D eigenvalue weighted by atomic mass is 16.6. The molecule has 0 saturated heterocycles. The molecule has 0 aliphatic carbocycles. The Morgan fingerprint density at radius 1 is 1.56 bits per heavy atom.